The minimum atomic E-state index is 0.919. The maximum Gasteiger partial charge on any atom is 0.142 e. The third kappa shape index (κ3) is 5.08. The quantitative estimate of drug-likeness (QED) is 0.515. The van der Waals surface area contributed by atoms with Gasteiger partial charge in [0.05, 0.1) is 19.9 Å². The molecule has 0 radical (unpaired) electrons. The maximum absolute atomic E-state index is 5.50. The van der Waals surface area contributed by atoms with Gasteiger partial charge in [0, 0.05) is 31.1 Å². The van der Waals surface area contributed by atoms with Crippen LogP contribution < -0.4 is 14.4 Å². The summed E-state index contributed by atoms with van der Waals surface area (Å²) >= 11 is 1.92. The largest absolute Gasteiger partial charge is 0.497 e. The van der Waals surface area contributed by atoms with Crippen LogP contribution in [0.15, 0.2) is 53.4 Å². The van der Waals surface area contributed by atoms with Crippen molar-refractivity contribution >= 4 is 17.4 Å². The van der Waals surface area contributed by atoms with Gasteiger partial charge in [0.1, 0.15) is 11.5 Å². The van der Waals surface area contributed by atoms with Gasteiger partial charge in [-0.05, 0) is 55.1 Å². The fourth-order valence-corrected chi connectivity index (χ4v) is 4.09. The first-order chi connectivity index (χ1) is 12.8. The van der Waals surface area contributed by atoms with Crippen LogP contribution in [-0.2, 0) is 0 Å². The monoisotopic (exact) mass is 372 g/mol. The molecule has 1 heterocycles. The van der Waals surface area contributed by atoms with Gasteiger partial charge in [-0.1, -0.05) is 12.1 Å². The number of hydrogen-bond acceptors (Lipinski definition) is 5. The summed E-state index contributed by atoms with van der Waals surface area (Å²) < 4.78 is 10.7. The standard InChI is InChI=1S/C21H28N2O2S/c1-24-18-8-10-19(11-9-18)26-17-5-12-22-13-15-23(16-14-22)20-6-3-4-7-21(20)25-2/h3-4,6-11H,5,12-17H2,1-2H3. The molecule has 3 rings (SSSR count). The lowest BCUT2D eigenvalue weighted by atomic mass is 10.2. The Morgan fingerprint density at radius 3 is 2.31 bits per heavy atom. The molecule has 0 spiro atoms. The number of ether oxygens (including phenoxy) is 2. The molecule has 2 aromatic rings. The van der Waals surface area contributed by atoms with Crippen molar-refractivity contribution < 1.29 is 9.47 Å². The number of anilines is 1. The van der Waals surface area contributed by atoms with Crippen molar-refractivity contribution in [2.24, 2.45) is 0 Å². The van der Waals surface area contributed by atoms with Gasteiger partial charge in [-0.3, -0.25) is 4.90 Å². The van der Waals surface area contributed by atoms with Gasteiger partial charge >= 0.3 is 0 Å². The summed E-state index contributed by atoms with van der Waals surface area (Å²) in [6.45, 7) is 5.53. The topological polar surface area (TPSA) is 24.9 Å². The van der Waals surface area contributed by atoms with E-state index in [0.29, 0.717) is 0 Å². The number of hydrogen-bond donors (Lipinski definition) is 0. The Kier molecular flexibility index (Phi) is 7.09. The van der Waals surface area contributed by atoms with Crippen LogP contribution in [0, 0.1) is 0 Å². The SMILES string of the molecule is COc1ccc(SCCCN2CCN(c3ccccc3OC)CC2)cc1. The van der Waals surface area contributed by atoms with E-state index in [9.17, 15) is 0 Å². The van der Waals surface area contributed by atoms with Crippen LogP contribution in [0.25, 0.3) is 0 Å². The van der Waals surface area contributed by atoms with Gasteiger partial charge in [0.2, 0.25) is 0 Å². The fourth-order valence-electron chi connectivity index (χ4n) is 3.25. The van der Waals surface area contributed by atoms with Crippen molar-refractivity contribution in [2.45, 2.75) is 11.3 Å². The van der Waals surface area contributed by atoms with Gasteiger partial charge in [0.15, 0.2) is 0 Å². The van der Waals surface area contributed by atoms with E-state index < -0.39 is 0 Å². The molecule has 140 valence electrons. The van der Waals surface area contributed by atoms with Crippen LogP contribution in [-0.4, -0.2) is 57.6 Å². The van der Waals surface area contributed by atoms with Crippen molar-refractivity contribution in [2.75, 3.05) is 57.6 Å². The summed E-state index contributed by atoms with van der Waals surface area (Å²) in [7, 11) is 3.45. The fraction of sp³-hybridized carbons (Fsp3) is 0.429. The van der Waals surface area contributed by atoms with Crippen molar-refractivity contribution in [3.8, 4) is 11.5 Å². The van der Waals surface area contributed by atoms with Gasteiger partial charge < -0.3 is 14.4 Å². The number of benzene rings is 2. The highest BCUT2D eigenvalue weighted by Crippen LogP contribution is 2.28. The lowest BCUT2D eigenvalue weighted by molar-refractivity contribution is 0.258. The van der Waals surface area contributed by atoms with E-state index in [-0.39, 0.29) is 0 Å². The molecular formula is C21H28N2O2S. The molecule has 2 aromatic carbocycles. The minimum absolute atomic E-state index is 0.919. The van der Waals surface area contributed by atoms with Crippen LogP contribution in [0.4, 0.5) is 5.69 Å². The molecule has 5 heteroatoms. The first kappa shape index (κ1) is 18.9. The predicted octanol–water partition coefficient (Wildman–Crippen LogP) is 4.01. The van der Waals surface area contributed by atoms with Crippen LogP contribution in [0.5, 0.6) is 11.5 Å². The Morgan fingerprint density at radius 1 is 0.885 bits per heavy atom. The first-order valence-electron chi connectivity index (χ1n) is 9.17. The molecule has 0 saturated carbocycles. The maximum atomic E-state index is 5.50. The Morgan fingerprint density at radius 2 is 1.62 bits per heavy atom. The van der Waals surface area contributed by atoms with E-state index in [0.717, 1.165) is 43.4 Å². The van der Waals surface area contributed by atoms with Crippen LogP contribution in [0.3, 0.4) is 0 Å². The summed E-state index contributed by atoms with van der Waals surface area (Å²) in [5, 5.41) is 0. The summed E-state index contributed by atoms with van der Waals surface area (Å²) in [6.07, 6.45) is 1.21. The van der Waals surface area contributed by atoms with Gasteiger partial charge in [-0.25, -0.2) is 0 Å². The van der Waals surface area contributed by atoms with E-state index in [1.807, 2.05) is 36.0 Å². The predicted molar refractivity (Wildman–Crippen MR) is 110 cm³/mol. The number of rotatable bonds is 8. The first-order valence-corrected chi connectivity index (χ1v) is 10.2. The number of nitrogens with zero attached hydrogens (tertiary/aromatic N) is 2. The van der Waals surface area contributed by atoms with E-state index in [1.165, 1.54) is 23.5 Å². The van der Waals surface area contributed by atoms with Crippen molar-refractivity contribution in [1.82, 2.24) is 4.90 Å². The lowest BCUT2D eigenvalue weighted by Gasteiger charge is -2.36. The average Bonchev–Trinajstić information content (AvgIpc) is 2.72. The number of para-hydroxylation sites is 2. The normalized spacial score (nSPS) is 15.1. The minimum Gasteiger partial charge on any atom is -0.497 e. The van der Waals surface area contributed by atoms with Crippen molar-refractivity contribution in [3.05, 3.63) is 48.5 Å². The summed E-state index contributed by atoms with van der Waals surface area (Å²) in [5.74, 6) is 3.04. The number of piperazine rings is 1. The lowest BCUT2D eigenvalue weighted by Crippen LogP contribution is -2.46. The molecule has 1 aliphatic heterocycles. The van der Waals surface area contributed by atoms with Gasteiger partial charge in [-0.15, -0.1) is 11.8 Å². The smallest absolute Gasteiger partial charge is 0.142 e. The Hall–Kier alpha value is -1.85. The van der Waals surface area contributed by atoms with E-state index in [2.05, 4.69) is 34.1 Å². The highest BCUT2D eigenvalue weighted by atomic mass is 32.2. The zero-order valence-electron chi connectivity index (χ0n) is 15.7. The molecule has 26 heavy (non-hydrogen) atoms. The van der Waals surface area contributed by atoms with E-state index in [1.54, 1.807) is 14.2 Å². The van der Waals surface area contributed by atoms with Gasteiger partial charge in [-0.2, -0.15) is 0 Å². The van der Waals surface area contributed by atoms with Crippen LogP contribution >= 0.6 is 11.8 Å². The molecular weight excluding hydrogens is 344 g/mol. The molecule has 0 aliphatic carbocycles. The number of methoxy groups -OCH3 is 2. The molecule has 1 saturated heterocycles. The Labute approximate surface area is 161 Å². The molecule has 0 amide bonds. The Bertz CT molecular complexity index is 670. The zero-order chi connectivity index (χ0) is 18.2. The van der Waals surface area contributed by atoms with E-state index >= 15 is 0 Å². The highest BCUT2D eigenvalue weighted by Gasteiger charge is 2.18. The van der Waals surface area contributed by atoms with Crippen molar-refractivity contribution in [1.29, 1.82) is 0 Å². The highest BCUT2D eigenvalue weighted by molar-refractivity contribution is 7.99. The molecule has 0 bridgehead atoms. The molecule has 0 N–H and O–H groups in total. The average molecular weight is 373 g/mol. The summed E-state index contributed by atoms with van der Waals surface area (Å²) in [6, 6.07) is 16.6. The molecule has 0 aromatic heterocycles. The second kappa shape index (κ2) is 9.74. The third-order valence-corrected chi connectivity index (χ3v) is 5.84. The van der Waals surface area contributed by atoms with E-state index in [4.69, 9.17) is 9.47 Å². The molecule has 0 unspecified atom stereocenters. The molecule has 1 aliphatic rings. The summed E-state index contributed by atoms with van der Waals surface area (Å²) in [4.78, 5) is 6.31. The molecule has 0 atom stereocenters. The third-order valence-electron chi connectivity index (χ3n) is 4.74. The molecule has 4 nitrogen and oxygen atoms in total. The summed E-state index contributed by atoms with van der Waals surface area (Å²) in [5.41, 5.74) is 1.21. The second-order valence-electron chi connectivity index (χ2n) is 6.38. The molecule has 1 fully saturated rings. The van der Waals surface area contributed by atoms with Crippen molar-refractivity contribution in [3.63, 3.8) is 0 Å². The second-order valence-corrected chi connectivity index (χ2v) is 7.55. The van der Waals surface area contributed by atoms with Crippen LogP contribution in [0.2, 0.25) is 0 Å². The Balaban J connectivity index is 1.37. The van der Waals surface area contributed by atoms with Gasteiger partial charge in [0.25, 0.3) is 0 Å². The zero-order valence-corrected chi connectivity index (χ0v) is 16.5. The van der Waals surface area contributed by atoms with Crippen LogP contribution in [0.1, 0.15) is 6.42 Å². The number of thioether (sulfide) groups is 1.